The fraction of sp³-hybridized carbons (Fsp3) is 0.533. The molecule has 1 amide bonds. The van der Waals surface area contributed by atoms with E-state index in [1.54, 1.807) is 6.92 Å². The molecule has 1 aromatic rings. The summed E-state index contributed by atoms with van der Waals surface area (Å²) < 4.78 is 19.3. The fourth-order valence-corrected chi connectivity index (χ4v) is 3.04. The average Bonchev–Trinajstić information content (AvgIpc) is 2.86. The highest BCUT2D eigenvalue weighted by atomic mass is 19.1. The van der Waals surface area contributed by atoms with Gasteiger partial charge in [-0.25, -0.2) is 4.39 Å². The van der Waals surface area contributed by atoms with Gasteiger partial charge in [-0.15, -0.1) is 0 Å². The van der Waals surface area contributed by atoms with E-state index in [-0.39, 0.29) is 23.7 Å². The van der Waals surface area contributed by atoms with E-state index in [1.807, 2.05) is 6.07 Å². The lowest BCUT2D eigenvalue weighted by molar-refractivity contribution is -0.120. The molecule has 108 valence electrons. The summed E-state index contributed by atoms with van der Waals surface area (Å²) in [7, 11) is 0. The van der Waals surface area contributed by atoms with Crippen LogP contribution in [0.2, 0.25) is 0 Å². The number of ether oxygens (including phenoxy) is 1. The predicted molar refractivity (Wildman–Crippen MR) is 75.5 cm³/mol. The molecule has 2 unspecified atom stereocenters. The topological polar surface area (TPSA) is 41.6 Å². The van der Waals surface area contributed by atoms with Crippen molar-refractivity contribution in [2.45, 2.75) is 26.3 Å². The molecule has 0 aliphatic carbocycles. The summed E-state index contributed by atoms with van der Waals surface area (Å²) in [5.74, 6) is -0.545. The first kappa shape index (κ1) is 13.4. The van der Waals surface area contributed by atoms with Crippen LogP contribution in [-0.2, 0) is 9.53 Å². The molecule has 2 aliphatic rings. The highest BCUT2D eigenvalue weighted by molar-refractivity contribution is 5.98. The lowest BCUT2D eigenvalue weighted by Gasteiger charge is -2.31. The Balaban J connectivity index is 2.11. The zero-order valence-electron chi connectivity index (χ0n) is 11.8. The maximum absolute atomic E-state index is 13.8. The summed E-state index contributed by atoms with van der Waals surface area (Å²) in [5.41, 5.74) is 2.06. The number of carbonyl (C=O) groups excluding carboxylic acids is 1. The molecule has 2 atom stereocenters. The van der Waals surface area contributed by atoms with Crippen LogP contribution in [0.15, 0.2) is 12.1 Å². The zero-order chi connectivity index (χ0) is 14.3. The van der Waals surface area contributed by atoms with E-state index in [0.717, 1.165) is 18.7 Å². The van der Waals surface area contributed by atoms with Gasteiger partial charge in [0, 0.05) is 6.54 Å². The summed E-state index contributed by atoms with van der Waals surface area (Å²) >= 11 is 0. The third-order valence-electron chi connectivity index (χ3n) is 4.10. The minimum absolute atomic E-state index is 0.0426. The molecule has 2 aliphatic heterocycles. The second-order valence-corrected chi connectivity index (χ2v) is 5.51. The minimum atomic E-state index is -0.288. The molecule has 0 aromatic heterocycles. The number of rotatable bonds is 2. The average molecular weight is 278 g/mol. The van der Waals surface area contributed by atoms with Gasteiger partial charge in [-0.2, -0.15) is 0 Å². The van der Waals surface area contributed by atoms with E-state index < -0.39 is 0 Å². The van der Waals surface area contributed by atoms with Crippen molar-refractivity contribution >= 4 is 17.3 Å². The van der Waals surface area contributed by atoms with Crippen molar-refractivity contribution in [2.24, 2.45) is 5.92 Å². The normalized spacial score (nSPS) is 24.9. The Morgan fingerprint density at radius 3 is 3.00 bits per heavy atom. The standard InChI is InChI=1S/C15H19FN2O2/c1-3-4-18-13-5-9(2)11(16)6-12(13)17-15(19)10-7-20-8-14(10)18/h5-6,10,14H,3-4,7-8H2,1-2H3,(H,17,19). The largest absolute Gasteiger partial charge is 0.378 e. The summed E-state index contributed by atoms with van der Waals surface area (Å²) in [5, 5.41) is 2.85. The van der Waals surface area contributed by atoms with Crippen molar-refractivity contribution in [3.63, 3.8) is 0 Å². The van der Waals surface area contributed by atoms with Crippen molar-refractivity contribution in [2.75, 3.05) is 30.0 Å². The number of nitrogens with zero attached hydrogens (tertiary/aromatic N) is 1. The van der Waals surface area contributed by atoms with Gasteiger partial charge < -0.3 is 15.0 Å². The van der Waals surface area contributed by atoms with Crippen molar-refractivity contribution in [3.8, 4) is 0 Å². The summed E-state index contributed by atoms with van der Waals surface area (Å²) in [6.07, 6.45) is 0.966. The zero-order valence-corrected chi connectivity index (χ0v) is 11.8. The van der Waals surface area contributed by atoms with Gasteiger partial charge in [0.05, 0.1) is 36.5 Å². The lowest BCUT2D eigenvalue weighted by Crippen LogP contribution is -2.43. The van der Waals surface area contributed by atoms with Gasteiger partial charge in [-0.05, 0) is 31.0 Å². The van der Waals surface area contributed by atoms with E-state index in [9.17, 15) is 9.18 Å². The molecular weight excluding hydrogens is 259 g/mol. The van der Waals surface area contributed by atoms with Gasteiger partial charge in [0.2, 0.25) is 5.91 Å². The molecule has 2 heterocycles. The molecule has 1 aromatic carbocycles. The van der Waals surface area contributed by atoms with Crippen LogP contribution >= 0.6 is 0 Å². The Morgan fingerprint density at radius 2 is 2.25 bits per heavy atom. The highest BCUT2D eigenvalue weighted by Gasteiger charge is 2.41. The van der Waals surface area contributed by atoms with Crippen LogP contribution in [0.1, 0.15) is 18.9 Å². The molecule has 20 heavy (non-hydrogen) atoms. The van der Waals surface area contributed by atoms with Crippen LogP contribution < -0.4 is 10.2 Å². The number of benzene rings is 1. The van der Waals surface area contributed by atoms with Crippen molar-refractivity contribution < 1.29 is 13.9 Å². The van der Waals surface area contributed by atoms with Gasteiger partial charge in [0.25, 0.3) is 0 Å². The molecule has 0 spiro atoms. The first-order valence-corrected chi connectivity index (χ1v) is 7.07. The third-order valence-corrected chi connectivity index (χ3v) is 4.10. The molecule has 0 bridgehead atoms. The molecule has 1 N–H and O–H groups in total. The van der Waals surface area contributed by atoms with Crippen LogP contribution in [0.3, 0.4) is 0 Å². The fourth-order valence-electron chi connectivity index (χ4n) is 3.04. The number of hydrogen-bond donors (Lipinski definition) is 1. The number of fused-ring (bicyclic) bond motifs is 2. The molecule has 1 fully saturated rings. The molecule has 0 radical (unpaired) electrons. The van der Waals surface area contributed by atoms with Gasteiger partial charge in [0.1, 0.15) is 5.82 Å². The molecular formula is C15H19FN2O2. The quantitative estimate of drug-likeness (QED) is 0.902. The Morgan fingerprint density at radius 1 is 1.45 bits per heavy atom. The van der Waals surface area contributed by atoms with Gasteiger partial charge in [-0.3, -0.25) is 4.79 Å². The maximum atomic E-state index is 13.8. The first-order valence-electron chi connectivity index (χ1n) is 7.07. The SMILES string of the molecule is CCCN1c2cc(C)c(F)cc2NC(=O)C2COCC21. The molecule has 0 saturated carbocycles. The highest BCUT2D eigenvalue weighted by Crippen LogP contribution is 2.37. The number of hydrogen-bond acceptors (Lipinski definition) is 3. The molecule has 1 saturated heterocycles. The molecule has 5 heteroatoms. The number of anilines is 2. The summed E-state index contributed by atoms with van der Waals surface area (Å²) in [4.78, 5) is 14.5. The van der Waals surface area contributed by atoms with E-state index in [1.165, 1.54) is 6.07 Å². The van der Waals surface area contributed by atoms with Crippen LogP contribution in [0.25, 0.3) is 0 Å². The second-order valence-electron chi connectivity index (χ2n) is 5.51. The van der Waals surface area contributed by atoms with Gasteiger partial charge in [0.15, 0.2) is 0 Å². The van der Waals surface area contributed by atoms with Crippen molar-refractivity contribution in [1.82, 2.24) is 0 Å². The number of carbonyl (C=O) groups is 1. The van der Waals surface area contributed by atoms with Crippen LogP contribution in [-0.4, -0.2) is 31.7 Å². The van der Waals surface area contributed by atoms with E-state index in [0.29, 0.717) is 24.5 Å². The first-order chi connectivity index (χ1) is 9.61. The van der Waals surface area contributed by atoms with Gasteiger partial charge >= 0.3 is 0 Å². The Kier molecular flexibility index (Phi) is 3.38. The number of halogens is 1. The maximum Gasteiger partial charge on any atom is 0.232 e. The third kappa shape index (κ3) is 2.06. The predicted octanol–water partition coefficient (Wildman–Crippen LogP) is 2.32. The lowest BCUT2D eigenvalue weighted by atomic mass is 10.0. The smallest absolute Gasteiger partial charge is 0.232 e. The Bertz CT molecular complexity index is 547. The number of aryl methyl sites for hydroxylation is 1. The van der Waals surface area contributed by atoms with Crippen LogP contribution in [0.5, 0.6) is 0 Å². The summed E-state index contributed by atoms with van der Waals surface area (Å²) in [6.45, 7) is 5.66. The van der Waals surface area contributed by atoms with Gasteiger partial charge in [-0.1, -0.05) is 6.92 Å². The number of amides is 1. The second kappa shape index (κ2) is 5.05. The van der Waals surface area contributed by atoms with E-state index >= 15 is 0 Å². The van der Waals surface area contributed by atoms with E-state index in [4.69, 9.17) is 4.74 Å². The van der Waals surface area contributed by atoms with Crippen molar-refractivity contribution in [3.05, 3.63) is 23.5 Å². The molecule has 3 rings (SSSR count). The minimum Gasteiger partial charge on any atom is -0.378 e. The van der Waals surface area contributed by atoms with Crippen molar-refractivity contribution in [1.29, 1.82) is 0 Å². The number of nitrogens with one attached hydrogen (secondary N) is 1. The summed E-state index contributed by atoms with van der Waals surface area (Å²) in [6, 6.07) is 3.29. The Labute approximate surface area is 117 Å². The van der Waals surface area contributed by atoms with E-state index in [2.05, 4.69) is 17.1 Å². The van der Waals surface area contributed by atoms with Crippen LogP contribution in [0.4, 0.5) is 15.8 Å². The van der Waals surface area contributed by atoms with Crippen LogP contribution in [0, 0.1) is 18.7 Å². The molecule has 4 nitrogen and oxygen atoms in total. The monoisotopic (exact) mass is 278 g/mol. The Hall–Kier alpha value is -1.62.